The topological polar surface area (TPSA) is 71.8 Å². The fraction of sp³-hybridized carbons (Fsp3) is 0.316. The summed E-state index contributed by atoms with van der Waals surface area (Å²) in [5.41, 5.74) is 3.91. The van der Waals surface area contributed by atoms with E-state index in [0.717, 1.165) is 41.0 Å². The maximum atomic E-state index is 12.8. The molecule has 0 saturated heterocycles. The molecule has 0 fully saturated rings. The second-order valence-corrected chi connectivity index (χ2v) is 6.04. The van der Waals surface area contributed by atoms with E-state index in [2.05, 4.69) is 15.7 Å². The number of benzene rings is 1. The van der Waals surface area contributed by atoms with E-state index >= 15 is 0 Å². The van der Waals surface area contributed by atoms with Crippen LogP contribution in [0.1, 0.15) is 22.5 Å². The summed E-state index contributed by atoms with van der Waals surface area (Å²) >= 11 is 0. The zero-order chi connectivity index (χ0) is 17.8. The Morgan fingerprint density at radius 1 is 1.20 bits per heavy atom. The average molecular weight is 337 g/mol. The highest BCUT2D eigenvalue weighted by atomic mass is 16.1. The molecule has 130 valence electrons. The molecule has 1 aromatic carbocycles. The number of rotatable bonds is 6. The third-order valence-electron chi connectivity index (χ3n) is 4.17. The second kappa shape index (κ2) is 7.44. The molecule has 0 aliphatic carbocycles. The van der Waals surface area contributed by atoms with Crippen LogP contribution < -0.4 is 10.6 Å². The molecule has 6 nitrogen and oxygen atoms in total. The van der Waals surface area contributed by atoms with E-state index in [4.69, 9.17) is 4.98 Å². The quantitative estimate of drug-likeness (QED) is 0.677. The number of carbonyl (C=O) groups excluding carboxylic acids is 1. The molecular formula is C19H23N5O. The molecule has 2 heterocycles. The molecule has 2 aromatic heterocycles. The fourth-order valence-electron chi connectivity index (χ4n) is 2.94. The number of hydrogen-bond donors (Lipinski definition) is 2. The summed E-state index contributed by atoms with van der Waals surface area (Å²) in [4.78, 5) is 17.5. The van der Waals surface area contributed by atoms with Gasteiger partial charge >= 0.3 is 0 Å². The van der Waals surface area contributed by atoms with Crippen molar-refractivity contribution in [3.63, 3.8) is 0 Å². The van der Waals surface area contributed by atoms with Crippen molar-refractivity contribution in [3.8, 4) is 11.3 Å². The van der Waals surface area contributed by atoms with Crippen LogP contribution in [0.5, 0.6) is 0 Å². The average Bonchev–Trinajstić information content (AvgIpc) is 2.93. The highest BCUT2D eigenvalue weighted by Gasteiger charge is 2.18. The van der Waals surface area contributed by atoms with E-state index in [1.54, 1.807) is 4.68 Å². The molecular weight excluding hydrogens is 314 g/mol. The number of fused-ring (bicyclic) bond motifs is 1. The van der Waals surface area contributed by atoms with Crippen molar-refractivity contribution in [2.75, 3.05) is 20.1 Å². The molecule has 0 radical (unpaired) electrons. The van der Waals surface area contributed by atoms with Crippen molar-refractivity contribution < 1.29 is 4.79 Å². The number of amides is 1. The third-order valence-corrected chi connectivity index (χ3v) is 4.17. The van der Waals surface area contributed by atoms with Crippen molar-refractivity contribution in [2.45, 2.75) is 13.3 Å². The number of hydrogen-bond acceptors (Lipinski definition) is 4. The molecule has 0 spiro atoms. The molecule has 2 N–H and O–H groups in total. The minimum atomic E-state index is -0.0863. The van der Waals surface area contributed by atoms with Crippen LogP contribution in [0.3, 0.4) is 0 Å². The van der Waals surface area contributed by atoms with Crippen LogP contribution in [0.4, 0.5) is 0 Å². The first-order valence-corrected chi connectivity index (χ1v) is 8.44. The van der Waals surface area contributed by atoms with Crippen LogP contribution in [0.15, 0.2) is 36.4 Å². The summed E-state index contributed by atoms with van der Waals surface area (Å²) < 4.78 is 1.73. The first kappa shape index (κ1) is 17.1. The van der Waals surface area contributed by atoms with Gasteiger partial charge in [-0.15, -0.1) is 0 Å². The van der Waals surface area contributed by atoms with E-state index in [9.17, 15) is 4.79 Å². The predicted molar refractivity (Wildman–Crippen MR) is 99.6 cm³/mol. The van der Waals surface area contributed by atoms with Gasteiger partial charge in [-0.2, -0.15) is 5.10 Å². The van der Waals surface area contributed by atoms with Gasteiger partial charge in [-0.05, 0) is 33.0 Å². The molecule has 0 bridgehead atoms. The first-order valence-electron chi connectivity index (χ1n) is 8.44. The van der Waals surface area contributed by atoms with Gasteiger partial charge < -0.3 is 10.6 Å². The van der Waals surface area contributed by atoms with E-state index in [1.807, 2.05) is 57.4 Å². The number of carbonyl (C=O) groups is 1. The molecule has 3 aromatic rings. The summed E-state index contributed by atoms with van der Waals surface area (Å²) in [6.07, 6.45) is 0.883. The summed E-state index contributed by atoms with van der Waals surface area (Å²) in [6, 6.07) is 11.7. The Balaban J connectivity index is 2.04. The van der Waals surface area contributed by atoms with Gasteiger partial charge in [0.2, 0.25) is 0 Å². The molecule has 0 atom stereocenters. The van der Waals surface area contributed by atoms with Crippen molar-refractivity contribution >= 4 is 16.9 Å². The largest absolute Gasteiger partial charge is 0.352 e. The fourth-order valence-corrected chi connectivity index (χ4v) is 2.94. The normalized spacial score (nSPS) is 11.0. The molecule has 0 saturated carbocycles. The van der Waals surface area contributed by atoms with Crippen LogP contribution in [-0.2, 0) is 7.05 Å². The van der Waals surface area contributed by atoms with E-state index < -0.39 is 0 Å². The van der Waals surface area contributed by atoms with Gasteiger partial charge in [-0.3, -0.25) is 9.48 Å². The monoisotopic (exact) mass is 337 g/mol. The SMILES string of the molecule is CNCCCNC(=O)c1cc(-c2ccccc2)nc2c1c(C)nn2C. The number of nitrogens with one attached hydrogen (secondary N) is 2. The highest BCUT2D eigenvalue weighted by molar-refractivity contribution is 6.07. The molecule has 1 amide bonds. The maximum absolute atomic E-state index is 12.8. The third kappa shape index (κ3) is 3.53. The number of aryl methyl sites for hydroxylation is 2. The Morgan fingerprint density at radius 3 is 2.68 bits per heavy atom. The van der Waals surface area contributed by atoms with Crippen molar-refractivity contribution in [1.29, 1.82) is 0 Å². The Hall–Kier alpha value is -2.73. The summed E-state index contributed by atoms with van der Waals surface area (Å²) in [5, 5.41) is 11.3. The first-order chi connectivity index (χ1) is 12.1. The van der Waals surface area contributed by atoms with Gasteiger partial charge in [0.1, 0.15) is 0 Å². The summed E-state index contributed by atoms with van der Waals surface area (Å²) in [6.45, 7) is 3.40. The van der Waals surface area contributed by atoms with Crippen LogP contribution in [0.25, 0.3) is 22.3 Å². The number of aromatic nitrogens is 3. The van der Waals surface area contributed by atoms with Gasteiger partial charge in [0.25, 0.3) is 5.91 Å². The van der Waals surface area contributed by atoms with Gasteiger partial charge in [0.05, 0.1) is 22.3 Å². The van der Waals surface area contributed by atoms with E-state index in [-0.39, 0.29) is 5.91 Å². The molecule has 25 heavy (non-hydrogen) atoms. The van der Waals surface area contributed by atoms with Crippen LogP contribution >= 0.6 is 0 Å². The lowest BCUT2D eigenvalue weighted by Crippen LogP contribution is -2.27. The molecule has 0 aliphatic rings. The van der Waals surface area contributed by atoms with E-state index in [0.29, 0.717) is 12.1 Å². The summed E-state index contributed by atoms with van der Waals surface area (Å²) in [5.74, 6) is -0.0863. The highest BCUT2D eigenvalue weighted by Crippen LogP contribution is 2.26. The van der Waals surface area contributed by atoms with Gasteiger partial charge in [-0.25, -0.2) is 4.98 Å². The minimum Gasteiger partial charge on any atom is -0.352 e. The van der Waals surface area contributed by atoms with Crippen molar-refractivity contribution in [2.24, 2.45) is 7.05 Å². The maximum Gasteiger partial charge on any atom is 0.252 e. The predicted octanol–water partition coefficient (Wildman–Crippen LogP) is 2.28. The Kier molecular flexibility index (Phi) is 5.09. The Morgan fingerprint density at radius 2 is 1.96 bits per heavy atom. The number of nitrogens with zero attached hydrogens (tertiary/aromatic N) is 3. The lowest BCUT2D eigenvalue weighted by Gasteiger charge is -2.09. The smallest absolute Gasteiger partial charge is 0.252 e. The zero-order valence-electron chi connectivity index (χ0n) is 14.8. The standard InChI is InChI=1S/C19H23N5O/c1-13-17-15(19(25)21-11-7-10-20-2)12-16(14-8-5-4-6-9-14)22-18(17)24(3)23-13/h4-6,8-9,12,20H,7,10-11H2,1-3H3,(H,21,25). The van der Waals surface area contributed by atoms with Crippen LogP contribution in [0, 0.1) is 6.92 Å². The zero-order valence-corrected chi connectivity index (χ0v) is 14.8. The Labute approximate surface area is 147 Å². The van der Waals surface area contributed by atoms with E-state index in [1.165, 1.54) is 0 Å². The van der Waals surface area contributed by atoms with Crippen molar-refractivity contribution in [3.05, 3.63) is 47.7 Å². The minimum absolute atomic E-state index is 0.0863. The Bertz CT molecular complexity index is 886. The van der Waals surface area contributed by atoms with Crippen LogP contribution in [-0.4, -0.2) is 40.8 Å². The van der Waals surface area contributed by atoms with Crippen molar-refractivity contribution in [1.82, 2.24) is 25.4 Å². The lowest BCUT2D eigenvalue weighted by molar-refractivity contribution is 0.0955. The molecule has 3 rings (SSSR count). The lowest BCUT2D eigenvalue weighted by atomic mass is 10.0. The van der Waals surface area contributed by atoms with Gasteiger partial charge in [0.15, 0.2) is 5.65 Å². The molecule has 0 unspecified atom stereocenters. The number of pyridine rings is 1. The summed E-state index contributed by atoms with van der Waals surface area (Å²) in [7, 11) is 3.76. The van der Waals surface area contributed by atoms with Crippen LogP contribution in [0.2, 0.25) is 0 Å². The molecule has 6 heteroatoms. The van der Waals surface area contributed by atoms with Gasteiger partial charge in [0, 0.05) is 19.2 Å². The molecule has 0 aliphatic heterocycles. The van der Waals surface area contributed by atoms with Gasteiger partial charge in [-0.1, -0.05) is 30.3 Å². The second-order valence-electron chi connectivity index (χ2n) is 6.04.